The van der Waals surface area contributed by atoms with Crippen LogP contribution in [0.25, 0.3) is 0 Å². The molecule has 5 nitrogen and oxygen atoms in total. The van der Waals surface area contributed by atoms with E-state index in [9.17, 15) is 4.79 Å². The van der Waals surface area contributed by atoms with Crippen molar-refractivity contribution in [2.75, 3.05) is 26.3 Å². The fraction of sp³-hybridized carbons (Fsp3) is 0.588. The summed E-state index contributed by atoms with van der Waals surface area (Å²) in [6.45, 7) is 7.73. The van der Waals surface area contributed by atoms with Crippen molar-refractivity contribution in [3.63, 3.8) is 0 Å². The van der Waals surface area contributed by atoms with Crippen molar-refractivity contribution < 1.29 is 14.3 Å². The van der Waals surface area contributed by atoms with E-state index in [1.807, 2.05) is 32.9 Å². The minimum absolute atomic E-state index is 0.105. The summed E-state index contributed by atoms with van der Waals surface area (Å²) >= 11 is 5.87. The van der Waals surface area contributed by atoms with Crippen LogP contribution in [-0.4, -0.2) is 49.4 Å². The van der Waals surface area contributed by atoms with E-state index >= 15 is 0 Å². The molecule has 1 amide bonds. The van der Waals surface area contributed by atoms with Gasteiger partial charge in [-0.1, -0.05) is 23.7 Å². The molecule has 1 rings (SSSR count). The van der Waals surface area contributed by atoms with E-state index in [4.69, 9.17) is 26.8 Å². The van der Waals surface area contributed by atoms with E-state index in [2.05, 4.69) is 0 Å². The van der Waals surface area contributed by atoms with E-state index in [-0.39, 0.29) is 5.91 Å². The summed E-state index contributed by atoms with van der Waals surface area (Å²) < 4.78 is 11.0. The monoisotopic (exact) mass is 342 g/mol. The summed E-state index contributed by atoms with van der Waals surface area (Å²) in [7, 11) is 0. The number of carbonyl (C=O) groups excluding carboxylic acids is 1. The highest BCUT2D eigenvalue weighted by molar-refractivity contribution is 6.30. The molecule has 1 aromatic rings. The molecular formula is C17H27ClN2O3. The summed E-state index contributed by atoms with van der Waals surface area (Å²) in [6.07, 6.45) is 0.0529. The molecule has 0 fully saturated rings. The van der Waals surface area contributed by atoms with Gasteiger partial charge in [-0.2, -0.15) is 0 Å². The minimum atomic E-state index is -0.597. The maximum absolute atomic E-state index is 12.6. The van der Waals surface area contributed by atoms with Crippen LogP contribution in [0.1, 0.15) is 26.3 Å². The van der Waals surface area contributed by atoms with Crippen molar-refractivity contribution in [3.8, 4) is 0 Å². The molecule has 23 heavy (non-hydrogen) atoms. The second kappa shape index (κ2) is 10.6. The number of hydrogen-bond donors (Lipinski definition) is 1. The number of amides is 1. The summed E-state index contributed by atoms with van der Waals surface area (Å²) in [4.78, 5) is 14.2. The maximum atomic E-state index is 12.6. The van der Waals surface area contributed by atoms with E-state index in [1.54, 1.807) is 17.0 Å². The first-order chi connectivity index (χ1) is 11.0. The molecule has 1 atom stereocenters. The summed E-state index contributed by atoms with van der Waals surface area (Å²) in [5.74, 6) is -0.105. The Morgan fingerprint density at radius 3 is 2.22 bits per heavy atom. The molecule has 0 bridgehead atoms. The first-order valence-corrected chi connectivity index (χ1v) is 8.41. The number of carbonyl (C=O) groups is 1. The van der Waals surface area contributed by atoms with Gasteiger partial charge in [-0.3, -0.25) is 4.79 Å². The van der Waals surface area contributed by atoms with Crippen LogP contribution < -0.4 is 5.73 Å². The van der Waals surface area contributed by atoms with Gasteiger partial charge in [0.25, 0.3) is 0 Å². The Bertz CT molecular complexity index is 461. The molecule has 1 aromatic carbocycles. The normalized spacial score (nSPS) is 12.4. The van der Waals surface area contributed by atoms with Crippen molar-refractivity contribution in [1.82, 2.24) is 4.90 Å². The molecule has 130 valence electrons. The van der Waals surface area contributed by atoms with E-state index in [0.29, 0.717) is 37.7 Å². The predicted molar refractivity (Wildman–Crippen MR) is 92.4 cm³/mol. The molecular weight excluding hydrogens is 316 g/mol. The fourth-order valence-corrected chi connectivity index (χ4v) is 2.40. The molecule has 0 aliphatic carbocycles. The number of benzene rings is 1. The van der Waals surface area contributed by atoms with Crippen LogP contribution >= 0.6 is 11.6 Å². The van der Waals surface area contributed by atoms with Crippen LogP contribution in [0.3, 0.4) is 0 Å². The van der Waals surface area contributed by atoms with Gasteiger partial charge in [-0.25, -0.2) is 0 Å². The van der Waals surface area contributed by atoms with Crippen molar-refractivity contribution >= 4 is 17.5 Å². The van der Waals surface area contributed by atoms with Crippen LogP contribution in [0.15, 0.2) is 24.3 Å². The Morgan fingerprint density at radius 2 is 1.74 bits per heavy atom. The highest BCUT2D eigenvalue weighted by atomic mass is 35.5. The lowest BCUT2D eigenvalue weighted by molar-refractivity contribution is -0.159. The van der Waals surface area contributed by atoms with Gasteiger partial charge >= 0.3 is 0 Å². The number of nitrogens with two attached hydrogens (primary N) is 1. The van der Waals surface area contributed by atoms with Gasteiger partial charge in [0.15, 0.2) is 6.29 Å². The number of halogens is 1. The van der Waals surface area contributed by atoms with Gasteiger partial charge in [0, 0.05) is 24.8 Å². The van der Waals surface area contributed by atoms with Crippen molar-refractivity contribution in [3.05, 3.63) is 34.9 Å². The topological polar surface area (TPSA) is 64.8 Å². The zero-order chi connectivity index (χ0) is 17.2. The molecule has 0 heterocycles. The Morgan fingerprint density at radius 1 is 1.17 bits per heavy atom. The van der Waals surface area contributed by atoms with Gasteiger partial charge in [0.1, 0.15) is 0 Å². The Hall–Kier alpha value is -1.14. The molecule has 0 saturated carbocycles. The van der Waals surface area contributed by atoms with E-state index < -0.39 is 12.3 Å². The Labute approximate surface area is 143 Å². The lowest BCUT2D eigenvalue weighted by Crippen LogP contribution is -2.48. The highest BCUT2D eigenvalue weighted by Gasteiger charge is 2.23. The average Bonchev–Trinajstić information content (AvgIpc) is 2.54. The van der Waals surface area contributed by atoms with E-state index in [1.165, 1.54) is 0 Å². The predicted octanol–water partition coefficient (Wildman–Crippen LogP) is 2.46. The third kappa shape index (κ3) is 6.87. The summed E-state index contributed by atoms with van der Waals surface area (Å²) in [6, 6.07) is 6.77. The molecule has 0 spiro atoms. The van der Waals surface area contributed by atoms with Crippen molar-refractivity contribution in [2.24, 2.45) is 5.73 Å². The molecule has 1 unspecified atom stereocenters. The van der Waals surface area contributed by atoms with Crippen LogP contribution in [0.2, 0.25) is 5.02 Å². The van der Waals surface area contributed by atoms with Crippen LogP contribution in [-0.2, 0) is 20.7 Å². The Kier molecular flexibility index (Phi) is 9.17. The smallest absolute Gasteiger partial charge is 0.239 e. The third-order valence-corrected chi connectivity index (χ3v) is 3.71. The zero-order valence-electron chi connectivity index (χ0n) is 14.1. The Balaban J connectivity index is 2.64. The quantitative estimate of drug-likeness (QED) is 0.663. The average molecular weight is 343 g/mol. The second-order valence-corrected chi connectivity index (χ2v) is 5.59. The molecule has 0 radical (unpaired) electrons. The standard InChI is InChI=1S/C17H27ClN2O3/c1-4-20(12-16(22-5-2)23-6-3)17(21)15(19)11-13-7-9-14(18)10-8-13/h7-10,15-16H,4-6,11-12,19H2,1-3H3. The SMILES string of the molecule is CCOC(CN(CC)C(=O)C(N)Cc1ccc(Cl)cc1)OCC. The van der Waals surface area contributed by atoms with Gasteiger partial charge in [0.2, 0.25) is 5.91 Å². The lowest BCUT2D eigenvalue weighted by Gasteiger charge is -2.28. The number of rotatable bonds is 10. The number of ether oxygens (including phenoxy) is 2. The van der Waals surface area contributed by atoms with Gasteiger partial charge in [0.05, 0.1) is 12.6 Å². The molecule has 0 aliphatic rings. The van der Waals surface area contributed by atoms with Gasteiger partial charge in [-0.05, 0) is 44.9 Å². The van der Waals surface area contributed by atoms with Crippen molar-refractivity contribution in [1.29, 1.82) is 0 Å². The fourth-order valence-electron chi connectivity index (χ4n) is 2.28. The largest absolute Gasteiger partial charge is 0.351 e. The van der Waals surface area contributed by atoms with Crippen molar-refractivity contribution in [2.45, 2.75) is 39.5 Å². The molecule has 0 saturated heterocycles. The lowest BCUT2D eigenvalue weighted by atomic mass is 10.1. The number of likely N-dealkylation sites (N-methyl/N-ethyl adjacent to an activating group) is 1. The second-order valence-electron chi connectivity index (χ2n) is 5.15. The van der Waals surface area contributed by atoms with Gasteiger partial charge in [-0.15, -0.1) is 0 Å². The van der Waals surface area contributed by atoms with Crippen LogP contribution in [0.5, 0.6) is 0 Å². The first-order valence-electron chi connectivity index (χ1n) is 8.03. The minimum Gasteiger partial charge on any atom is -0.351 e. The zero-order valence-corrected chi connectivity index (χ0v) is 14.9. The number of hydrogen-bond acceptors (Lipinski definition) is 4. The van der Waals surface area contributed by atoms with Gasteiger partial charge < -0.3 is 20.1 Å². The summed E-state index contributed by atoms with van der Waals surface area (Å²) in [5.41, 5.74) is 7.07. The summed E-state index contributed by atoms with van der Waals surface area (Å²) in [5, 5.41) is 0.667. The van der Waals surface area contributed by atoms with Crippen LogP contribution in [0.4, 0.5) is 0 Å². The van der Waals surface area contributed by atoms with Crippen LogP contribution in [0, 0.1) is 0 Å². The first kappa shape index (κ1) is 19.9. The highest BCUT2D eigenvalue weighted by Crippen LogP contribution is 2.12. The third-order valence-electron chi connectivity index (χ3n) is 3.45. The molecule has 0 aromatic heterocycles. The maximum Gasteiger partial charge on any atom is 0.239 e. The number of nitrogens with zero attached hydrogens (tertiary/aromatic N) is 1. The molecule has 2 N–H and O–H groups in total. The van der Waals surface area contributed by atoms with E-state index in [0.717, 1.165) is 5.56 Å². The molecule has 6 heteroatoms. The molecule has 0 aliphatic heterocycles.